The Hall–Kier alpha value is -2.92. The largest absolute Gasteiger partial charge is 0.463 e. The number of likely N-dealkylation sites (N-methyl/N-ethyl adjacent to an activating group) is 1. The minimum atomic E-state index is 0.378. The van der Waals surface area contributed by atoms with Gasteiger partial charge in [0.15, 0.2) is 0 Å². The SMILES string of the molecule is CCN1CCN(c2nc(-c3ccc(O/C=C/F)cc3)cc3ccccc23)CC1. The monoisotopic (exact) mass is 377 g/mol. The topological polar surface area (TPSA) is 28.6 Å². The maximum atomic E-state index is 12.1. The van der Waals surface area contributed by atoms with Crippen molar-refractivity contribution in [2.75, 3.05) is 37.6 Å². The second-order valence-corrected chi connectivity index (χ2v) is 6.88. The molecular formula is C23H24FN3O. The van der Waals surface area contributed by atoms with E-state index in [4.69, 9.17) is 9.72 Å². The minimum absolute atomic E-state index is 0.378. The third-order valence-corrected chi connectivity index (χ3v) is 5.24. The van der Waals surface area contributed by atoms with E-state index in [2.05, 4.69) is 47.1 Å². The number of hydrogen-bond acceptors (Lipinski definition) is 4. The predicted molar refractivity (Wildman–Crippen MR) is 112 cm³/mol. The maximum Gasteiger partial charge on any atom is 0.137 e. The van der Waals surface area contributed by atoms with Crippen LogP contribution in [-0.2, 0) is 0 Å². The van der Waals surface area contributed by atoms with Crippen LogP contribution in [0, 0.1) is 0 Å². The molecule has 5 heteroatoms. The molecule has 0 radical (unpaired) electrons. The van der Waals surface area contributed by atoms with Crippen molar-refractivity contribution < 1.29 is 9.13 Å². The number of nitrogens with zero attached hydrogens (tertiary/aromatic N) is 3. The zero-order valence-electron chi connectivity index (χ0n) is 16.0. The van der Waals surface area contributed by atoms with E-state index in [0.29, 0.717) is 12.1 Å². The van der Waals surface area contributed by atoms with Gasteiger partial charge in [0.1, 0.15) is 24.2 Å². The molecule has 1 saturated heterocycles. The molecule has 0 spiro atoms. The van der Waals surface area contributed by atoms with Gasteiger partial charge < -0.3 is 14.5 Å². The Morgan fingerprint density at radius 1 is 1.04 bits per heavy atom. The van der Waals surface area contributed by atoms with Crippen molar-refractivity contribution in [3.8, 4) is 17.0 Å². The lowest BCUT2D eigenvalue weighted by atomic mass is 10.1. The smallest absolute Gasteiger partial charge is 0.137 e. The Kier molecular flexibility index (Phi) is 5.53. The molecule has 1 fully saturated rings. The number of hydrogen-bond donors (Lipinski definition) is 0. The van der Waals surface area contributed by atoms with Gasteiger partial charge >= 0.3 is 0 Å². The Morgan fingerprint density at radius 3 is 2.50 bits per heavy atom. The number of piperazine rings is 1. The van der Waals surface area contributed by atoms with Crippen molar-refractivity contribution in [2.45, 2.75) is 6.92 Å². The van der Waals surface area contributed by atoms with Crippen molar-refractivity contribution in [3.63, 3.8) is 0 Å². The molecule has 0 amide bonds. The van der Waals surface area contributed by atoms with Crippen LogP contribution in [-0.4, -0.2) is 42.6 Å². The molecule has 4 rings (SSSR count). The number of anilines is 1. The molecule has 1 aliphatic heterocycles. The van der Waals surface area contributed by atoms with Gasteiger partial charge in [-0.15, -0.1) is 0 Å². The predicted octanol–water partition coefficient (Wildman–Crippen LogP) is 4.86. The van der Waals surface area contributed by atoms with Gasteiger partial charge in [-0.2, -0.15) is 0 Å². The first kappa shape index (κ1) is 18.4. The van der Waals surface area contributed by atoms with Gasteiger partial charge in [0.05, 0.1) is 5.69 Å². The molecule has 0 aliphatic carbocycles. The summed E-state index contributed by atoms with van der Waals surface area (Å²) >= 11 is 0. The highest BCUT2D eigenvalue weighted by molar-refractivity contribution is 5.95. The Bertz CT molecular complexity index is 963. The summed E-state index contributed by atoms with van der Waals surface area (Å²) < 4.78 is 17.3. The first-order valence-corrected chi connectivity index (χ1v) is 9.68. The zero-order valence-corrected chi connectivity index (χ0v) is 16.0. The molecule has 144 valence electrons. The van der Waals surface area contributed by atoms with Gasteiger partial charge in [0, 0.05) is 37.1 Å². The van der Waals surface area contributed by atoms with Gasteiger partial charge in [-0.05, 0) is 42.3 Å². The van der Waals surface area contributed by atoms with Crippen molar-refractivity contribution in [2.24, 2.45) is 0 Å². The normalized spacial score (nSPS) is 15.4. The quantitative estimate of drug-likeness (QED) is 0.594. The fourth-order valence-electron chi connectivity index (χ4n) is 3.65. The minimum Gasteiger partial charge on any atom is -0.463 e. The highest BCUT2D eigenvalue weighted by atomic mass is 19.1. The summed E-state index contributed by atoms with van der Waals surface area (Å²) in [7, 11) is 0. The van der Waals surface area contributed by atoms with Gasteiger partial charge in [-0.1, -0.05) is 31.2 Å². The van der Waals surface area contributed by atoms with Gasteiger partial charge in [0.25, 0.3) is 0 Å². The zero-order chi connectivity index (χ0) is 19.3. The van der Waals surface area contributed by atoms with E-state index in [1.807, 2.05) is 24.3 Å². The molecule has 0 atom stereocenters. The lowest BCUT2D eigenvalue weighted by Crippen LogP contribution is -2.46. The van der Waals surface area contributed by atoms with Gasteiger partial charge in [-0.3, -0.25) is 0 Å². The summed E-state index contributed by atoms with van der Waals surface area (Å²) in [5.41, 5.74) is 1.94. The first-order valence-electron chi connectivity index (χ1n) is 9.68. The fourth-order valence-corrected chi connectivity index (χ4v) is 3.65. The second-order valence-electron chi connectivity index (χ2n) is 6.88. The van der Waals surface area contributed by atoms with Gasteiger partial charge in [-0.25, -0.2) is 9.37 Å². The van der Waals surface area contributed by atoms with E-state index in [1.54, 1.807) is 0 Å². The Labute approximate surface area is 164 Å². The number of rotatable bonds is 5. The molecule has 1 aromatic heterocycles. The summed E-state index contributed by atoms with van der Waals surface area (Å²) in [5, 5.41) is 2.37. The van der Waals surface area contributed by atoms with E-state index in [-0.39, 0.29) is 0 Å². The molecule has 4 nitrogen and oxygen atoms in total. The summed E-state index contributed by atoms with van der Waals surface area (Å²) in [4.78, 5) is 9.89. The molecule has 3 aromatic rings. The number of fused-ring (bicyclic) bond motifs is 1. The van der Waals surface area contributed by atoms with E-state index >= 15 is 0 Å². The van der Waals surface area contributed by atoms with E-state index in [9.17, 15) is 4.39 Å². The highest BCUT2D eigenvalue weighted by Gasteiger charge is 2.19. The number of pyridine rings is 1. The van der Waals surface area contributed by atoms with Crippen LogP contribution < -0.4 is 9.64 Å². The third-order valence-electron chi connectivity index (χ3n) is 5.24. The van der Waals surface area contributed by atoms with E-state index in [0.717, 1.165) is 56.1 Å². The van der Waals surface area contributed by atoms with Crippen LogP contribution in [0.3, 0.4) is 0 Å². The first-order chi connectivity index (χ1) is 13.8. The lowest BCUT2D eigenvalue weighted by molar-refractivity contribution is 0.271. The van der Waals surface area contributed by atoms with Crippen molar-refractivity contribution in [3.05, 3.63) is 67.2 Å². The summed E-state index contributed by atoms with van der Waals surface area (Å²) in [6.45, 7) is 7.39. The van der Waals surface area contributed by atoms with Gasteiger partial charge in [0.2, 0.25) is 0 Å². The third kappa shape index (κ3) is 3.85. The van der Waals surface area contributed by atoms with Crippen LogP contribution in [0.1, 0.15) is 6.92 Å². The standard InChI is InChI=1S/C23H24FN3O/c1-2-26-12-14-27(15-13-26)23-21-6-4-3-5-19(21)17-22(25-23)18-7-9-20(10-8-18)28-16-11-24/h3-11,16-17H,2,12-15H2,1H3/b16-11+. The number of aromatic nitrogens is 1. The van der Waals surface area contributed by atoms with Crippen molar-refractivity contribution in [1.82, 2.24) is 9.88 Å². The van der Waals surface area contributed by atoms with E-state index in [1.165, 1.54) is 10.8 Å². The molecule has 2 heterocycles. The maximum absolute atomic E-state index is 12.1. The molecule has 0 saturated carbocycles. The van der Waals surface area contributed by atoms with Crippen LogP contribution in [0.15, 0.2) is 67.2 Å². The lowest BCUT2D eigenvalue weighted by Gasteiger charge is -2.35. The molecule has 0 unspecified atom stereocenters. The molecule has 0 bridgehead atoms. The average Bonchev–Trinajstić information content (AvgIpc) is 2.77. The molecule has 1 aliphatic rings. The van der Waals surface area contributed by atoms with Crippen LogP contribution in [0.2, 0.25) is 0 Å². The number of benzene rings is 2. The fraction of sp³-hybridized carbons (Fsp3) is 0.261. The molecule has 0 N–H and O–H groups in total. The summed E-state index contributed by atoms with van der Waals surface area (Å²) in [6.07, 6.45) is 1.40. The molecule has 2 aromatic carbocycles. The van der Waals surface area contributed by atoms with Crippen LogP contribution in [0.4, 0.5) is 10.2 Å². The Balaban J connectivity index is 1.70. The van der Waals surface area contributed by atoms with Crippen molar-refractivity contribution >= 4 is 16.6 Å². The summed E-state index contributed by atoms with van der Waals surface area (Å²) in [6, 6.07) is 18.1. The molecule has 28 heavy (non-hydrogen) atoms. The van der Waals surface area contributed by atoms with Crippen LogP contribution >= 0.6 is 0 Å². The Morgan fingerprint density at radius 2 is 1.79 bits per heavy atom. The van der Waals surface area contributed by atoms with Crippen LogP contribution in [0.5, 0.6) is 5.75 Å². The molecular weight excluding hydrogens is 353 g/mol. The second kappa shape index (κ2) is 8.40. The van der Waals surface area contributed by atoms with Crippen molar-refractivity contribution in [1.29, 1.82) is 0 Å². The average molecular weight is 377 g/mol. The summed E-state index contributed by atoms with van der Waals surface area (Å²) in [5.74, 6) is 1.64. The van der Waals surface area contributed by atoms with E-state index < -0.39 is 0 Å². The number of halogens is 1. The highest BCUT2D eigenvalue weighted by Crippen LogP contribution is 2.31. The van der Waals surface area contributed by atoms with Crippen LogP contribution in [0.25, 0.3) is 22.0 Å². The number of ether oxygens (including phenoxy) is 1.